The molecular formula is C33H44N4. The highest BCUT2D eigenvalue weighted by Gasteiger charge is 2.28. The maximum absolute atomic E-state index is 5.40. The normalized spacial score (nSPS) is 18.3. The summed E-state index contributed by atoms with van der Waals surface area (Å²) in [5.74, 6) is 2.86. The van der Waals surface area contributed by atoms with Crippen LogP contribution in [0, 0.1) is 12.8 Å². The van der Waals surface area contributed by atoms with Gasteiger partial charge in [-0.1, -0.05) is 63.2 Å². The number of aromatic nitrogens is 2. The Labute approximate surface area is 224 Å². The fourth-order valence-electron chi connectivity index (χ4n) is 6.44. The van der Waals surface area contributed by atoms with Crippen LogP contribution in [0.2, 0.25) is 0 Å². The van der Waals surface area contributed by atoms with Gasteiger partial charge in [0.15, 0.2) is 5.82 Å². The molecule has 1 atom stereocenters. The number of nitrogens with zero attached hydrogens (tertiary/aromatic N) is 4. The highest BCUT2D eigenvalue weighted by Crippen LogP contribution is 2.37. The lowest BCUT2D eigenvalue weighted by atomic mass is 9.87. The van der Waals surface area contributed by atoms with Crippen molar-refractivity contribution in [2.75, 3.05) is 25.0 Å². The van der Waals surface area contributed by atoms with E-state index in [0.29, 0.717) is 6.04 Å². The fraction of sp³-hybridized carbons (Fsp3) is 0.515. The number of benzene rings is 2. The molecule has 4 nitrogen and oxygen atoms in total. The average Bonchev–Trinajstić information content (AvgIpc) is 2.93. The molecule has 0 N–H and O–H groups in total. The molecule has 3 aromatic rings. The Bertz CT molecular complexity index is 1200. The van der Waals surface area contributed by atoms with Crippen molar-refractivity contribution in [3.05, 3.63) is 76.0 Å². The van der Waals surface area contributed by atoms with Crippen molar-refractivity contribution in [1.29, 1.82) is 0 Å². The van der Waals surface area contributed by atoms with Gasteiger partial charge in [-0.25, -0.2) is 9.97 Å². The van der Waals surface area contributed by atoms with E-state index in [2.05, 4.69) is 87.0 Å². The van der Waals surface area contributed by atoms with Gasteiger partial charge in [-0.15, -0.1) is 0 Å². The molecule has 37 heavy (non-hydrogen) atoms. The standard InChI is InChI=1S/C33H44N4/c1-6-25-13-10-14-26(7-2)31(25)32-34-24(4)29(33(35-32)37-20-18-23(3)19-21-37)22-36(5)30-17-11-15-27-12-8-9-16-28(27)30/h8-10,12-14,16,23,30H,6-7,11,15,17-22H2,1-5H3/t30-/m0/s1. The third kappa shape index (κ3) is 5.31. The van der Waals surface area contributed by atoms with Gasteiger partial charge in [0.05, 0.1) is 0 Å². The molecule has 0 saturated carbocycles. The second kappa shape index (κ2) is 11.3. The van der Waals surface area contributed by atoms with Crippen molar-refractivity contribution in [1.82, 2.24) is 14.9 Å². The van der Waals surface area contributed by atoms with Crippen LogP contribution in [0.4, 0.5) is 5.82 Å². The molecule has 1 aromatic heterocycles. The molecular weight excluding hydrogens is 452 g/mol. The largest absolute Gasteiger partial charge is 0.356 e. The number of fused-ring (bicyclic) bond motifs is 1. The van der Waals surface area contributed by atoms with Gasteiger partial charge in [0.1, 0.15) is 5.82 Å². The lowest BCUT2D eigenvalue weighted by molar-refractivity contribution is 0.212. The van der Waals surface area contributed by atoms with Crippen molar-refractivity contribution < 1.29 is 0 Å². The first-order chi connectivity index (χ1) is 18.0. The van der Waals surface area contributed by atoms with Crippen LogP contribution in [0.15, 0.2) is 42.5 Å². The third-order valence-corrected chi connectivity index (χ3v) is 8.78. The van der Waals surface area contributed by atoms with Crippen LogP contribution < -0.4 is 4.90 Å². The van der Waals surface area contributed by atoms with E-state index >= 15 is 0 Å². The number of piperidine rings is 1. The van der Waals surface area contributed by atoms with Crippen LogP contribution in [0.5, 0.6) is 0 Å². The van der Waals surface area contributed by atoms with Gasteiger partial charge in [-0.2, -0.15) is 0 Å². The van der Waals surface area contributed by atoms with Gasteiger partial charge >= 0.3 is 0 Å². The van der Waals surface area contributed by atoms with Crippen LogP contribution in [-0.4, -0.2) is 35.0 Å². The summed E-state index contributed by atoms with van der Waals surface area (Å²) in [5, 5.41) is 0. The van der Waals surface area contributed by atoms with Gasteiger partial charge in [0.2, 0.25) is 0 Å². The van der Waals surface area contributed by atoms with Gasteiger partial charge in [-0.3, -0.25) is 4.90 Å². The summed E-state index contributed by atoms with van der Waals surface area (Å²) < 4.78 is 0. The van der Waals surface area contributed by atoms with Crippen molar-refractivity contribution in [2.24, 2.45) is 5.92 Å². The Morgan fingerprint density at radius 3 is 2.32 bits per heavy atom. The van der Waals surface area contributed by atoms with Crippen LogP contribution >= 0.6 is 0 Å². The molecule has 5 rings (SSSR count). The monoisotopic (exact) mass is 496 g/mol. The maximum atomic E-state index is 5.40. The maximum Gasteiger partial charge on any atom is 0.162 e. The minimum atomic E-state index is 0.450. The van der Waals surface area contributed by atoms with Crippen molar-refractivity contribution in [3.63, 3.8) is 0 Å². The molecule has 0 spiro atoms. The SMILES string of the molecule is CCc1cccc(CC)c1-c1nc(C)c(CN(C)[C@H]2CCCc3ccccc32)c(N2CCC(C)CC2)n1. The summed E-state index contributed by atoms with van der Waals surface area (Å²) in [6.45, 7) is 12.1. The van der Waals surface area contributed by atoms with Gasteiger partial charge in [-0.05, 0) is 87.1 Å². The predicted octanol–water partition coefficient (Wildman–Crippen LogP) is 7.32. The van der Waals surface area contributed by atoms with Crippen LogP contribution in [-0.2, 0) is 25.8 Å². The highest BCUT2D eigenvalue weighted by molar-refractivity contribution is 5.68. The van der Waals surface area contributed by atoms with E-state index in [4.69, 9.17) is 9.97 Å². The number of anilines is 1. The summed E-state index contributed by atoms with van der Waals surface area (Å²) in [7, 11) is 2.30. The van der Waals surface area contributed by atoms with E-state index in [0.717, 1.165) is 49.9 Å². The number of aryl methyl sites for hydroxylation is 4. The average molecular weight is 497 g/mol. The van der Waals surface area contributed by atoms with E-state index in [1.54, 1.807) is 0 Å². The first-order valence-electron chi connectivity index (χ1n) is 14.5. The molecule has 2 aliphatic rings. The molecule has 4 heteroatoms. The quantitative estimate of drug-likeness (QED) is 0.343. The molecule has 1 aliphatic heterocycles. The highest BCUT2D eigenvalue weighted by atomic mass is 15.2. The van der Waals surface area contributed by atoms with Gasteiger partial charge in [0.25, 0.3) is 0 Å². The predicted molar refractivity (Wildman–Crippen MR) is 155 cm³/mol. The summed E-state index contributed by atoms with van der Waals surface area (Å²) in [6.07, 6.45) is 8.12. The second-order valence-electron chi connectivity index (χ2n) is 11.3. The summed E-state index contributed by atoms with van der Waals surface area (Å²) in [4.78, 5) is 15.7. The van der Waals surface area contributed by atoms with Gasteiger partial charge < -0.3 is 4.90 Å². The molecule has 0 unspecified atom stereocenters. The third-order valence-electron chi connectivity index (χ3n) is 8.78. The van der Waals surface area contributed by atoms with E-state index in [1.807, 2.05) is 0 Å². The van der Waals surface area contributed by atoms with Crippen LogP contribution in [0.3, 0.4) is 0 Å². The minimum Gasteiger partial charge on any atom is -0.356 e. The van der Waals surface area contributed by atoms with Crippen molar-refractivity contribution in [3.8, 4) is 11.4 Å². The van der Waals surface area contributed by atoms with Gasteiger partial charge in [0, 0.05) is 42.5 Å². The minimum absolute atomic E-state index is 0.450. The zero-order chi connectivity index (χ0) is 25.9. The van der Waals surface area contributed by atoms with E-state index in [-0.39, 0.29) is 0 Å². The molecule has 0 radical (unpaired) electrons. The molecule has 2 heterocycles. The Kier molecular flexibility index (Phi) is 7.95. The second-order valence-corrected chi connectivity index (χ2v) is 11.3. The molecule has 0 amide bonds. The molecule has 196 valence electrons. The molecule has 1 saturated heterocycles. The Morgan fingerprint density at radius 1 is 0.919 bits per heavy atom. The smallest absolute Gasteiger partial charge is 0.162 e. The zero-order valence-electron chi connectivity index (χ0n) is 23.6. The lowest BCUT2D eigenvalue weighted by Crippen LogP contribution is -2.36. The van der Waals surface area contributed by atoms with Crippen LogP contribution in [0.25, 0.3) is 11.4 Å². The van der Waals surface area contributed by atoms with E-state index < -0.39 is 0 Å². The lowest BCUT2D eigenvalue weighted by Gasteiger charge is -2.36. The fourth-order valence-corrected chi connectivity index (χ4v) is 6.44. The molecule has 0 bridgehead atoms. The van der Waals surface area contributed by atoms with Crippen molar-refractivity contribution in [2.45, 2.75) is 85.2 Å². The molecule has 2 aromatic carbocycles. The first kappa shape index (κ1) is 25.9. The van der Waals surface area contributed by atoms with E-state index in [9.17, 15) is 0 Å². The summed E-state index contributed by atoms with van der Waals surface area (Å²) in [6, 6.07) is 16.2. The number of hydrogen-bond acceptors (Lipinski definition) is 4. The Hall–Kier alpha value is -2.72. The Balaban J connectivity index is 1.56. The molecule has 1 aliphatic carbocycles. The Morgan fingerprint density at radius 2 is 1.62 bits per heavy atom. The first-order valence-corrected chi connectivity index (χ1v) is 14.5. The van der Waals surface area contributed by atoms with Crippen LogP contribution in [0.1, 0.15) is 86.0 Å². The molecule has 1 fully saturated rings. The zero-order valence-corrected chi connectivity index (χ0v) is 23.6. The topological polar surface area (TPSA) is 32.3 Å². The number of rotatable bonds is 7. The van der Waals surface area contributed by atoms with Crippen molar-refractivity contribution >= 4 is 5.82 Å². The summed E-state index contributed by atoms with van der Waals surface area (Å²) >= 11 is 0. The summed E-state index contributed by atoms with van der Waals surface area (Å²) in [5.41, 5.74) is 9.40. The number of hydrogen-bond donors (Lipinski definition) is 0. The van der Waals surface area contributed by atoms with E-state index in [1.165, 1.54) is 71.3 Å².